The normalized spacial score (nSPS) is 12.4. The number of ether oxygens (including phenoxy) is 2. The van der Waals surface area contributed by atoms with Gasteiger partial charge in [0, 0.05) is 23.0 Å². The van der Waals surface area contributed by atoms with Gasteiger partial charge in [-0.05, 0) is 52.0 Å². The molecule has 0 radical (unpaired) electrons. The standard InChI is InChI=1S/C18H21N3O4/c1-10(2)21-11(3)7-14(12(21)4)18(23)20-19-17(22)13-5-6-15-16(8-13)25-9-24-15/h5-8,10H,9H2,1-4H3,(H,19,22)(H,20,23). The highest BCUT2D eigenvalue weighted by atomic mass is 16.7. The molecule has 7 nitrogen and oxygen atoms in total. The smallest absolute Gasteiger partial charge is 0.271 e. The van der Waals surface area contributed by atoms with Gasteiger partial charge in [0.05, 0.1) is 5.56 Å². The highest BCUT2D eigenvalue weighted by Gasteiger charge is 2.19. The molecule has 0 spiro atoms. The van der Waals surface area contributed by atoms with Crippen molar-refractivity contribution in [1.82, 2.24) is 15.4 Å². The molecule has 1 aromatic carbocycles. The molecular formula is C18H21N3O4. The Kier molecular flexibility index (Phi) is 4.39. The number of carbonyl (C=O) groups excluding carboxylic acids is 2. The predicted molar refractivity (Wildman–Crippen MR) is 91.8 cm³/mol. The van der Waals surface area contributed by atoms with E-state index in [1.165, 1.54) is 0 Å². The molecule has 132 valence electrons. The van der Waals surface area contributed by atoms with Gasteiger partial charge in [0.1, 0.15) is 0 Å². The van der Waals surface area contributed by atoms with Crippen LogP contribution in [0.5, 0.6) is 11.5 Å². The van der Waals surface area contributed by atoms with Crippen LogP contribution < -0.4 is 20.3 Å². The molecule has 1 aliphatic rings. The molecule has 25 heavy (non-hydrogen) atoms. The van der Waals surface area contributed by atoms with Gasteiger partial charge in [-0.2, -0.15) is 0 Å². The topological polar surface area (TPSA) is 81.6 Å². The van der Waals surface area contributed by atoms with Gasteiger partial charge in [-0.15, -0.1) is 0 Å². The largest absolute Gasteiger partial charge is 0.454 e. The summed E-state index contributed by atoms with van der Waals surface area (Å²) in [6.07, 6.45) is 0. The number of hydrazine groups is 1. The zero-order chi connectivity index (χ0) is 18.1. The maximum atomic E-state index is 12.4. The predicted octanol–water partition coefficient (Wildman–Crippen LogP) is 2.49. The minimum absolute atomic E-state index is 0.141. The van der Waals surface area contributed by atoms with Gasteiger partial charge in [-0.1, -0.05) is 0 Å². The molecule has 2 aromatic rings. The lowest BCUT2D eigenvalue weighted by Crippen LogP contribution is -2.41. The Hall–Kier alpha value is -2.96. The summed E-state index contributed by atoms with van der Waals surface area (Å²) in [5, 5.41) is 0. The van der Waals surface area contributed by atoms with Crippen LogP contribution in [-0.4, -0.2) is 23.2 Å². The van der Waals surface area contributed by atoms with Crippen molar-refractivity contribution < 1.29 is 19.1 Å². The lowest BCUT2D eigenvalue weighted by Gasteiger charge is -2.13. The van der Waals surface area contributed by atoms with E-state index in [1.54, 1.807) is 18.2 Å². The van der Waals surface area contributed by atoms with Crippen molar-refractivity contribution in [1.29, 1.82) is 0 Å². The van der Waals surface area contributed by atoms with Crippen LogP contribution in [0.15, 0.2) is 24.3 Å². The first-order valence-corrected chi connectivity index (χ1v) is 8.07. The Labute approximate surface area is 145 Å². The molecule has 0 unspecified atom stereocenters. The summed E-state index contributed by atoms with van der Waals surface area (Å²) >= 11 is 0. The monoisotopic (exact) mass is 343 g/mol. The van der Waals surface area contributed by atoms with E-state index in [1.807, 2.05) is 19.9 Å². The first kappa shape index (κ1) is 16.9. The molecule has 2 heterocycles. The Balaban J connectivity index is 1.68. The maximum absolute atomic E-state index is 12.4. The summed E-state index contributed by atoms with van der Waals surface area (Å²) in [6.45, 7) is 8.10. The van der Waals surface area contributed by atoms with Crippen molar-refractivity contribution in [2.75, 3.05) is 6.79 Å². The third-order valence-electron chi connectivity index (χ3n) is 4.17. The number of rotatable bonds is 3. The van der Waals surface area contributed by atoms with Crippen molar-refractivity contribution >= 4 is 11.8 Å². The van der Waals surface area contributed by atoms with E-state index in [0.29, 0.717) is 22.6 Å². The van der Waals surface area contributed by atoms with E-state index in [0.717, 1.165) is 11.4 Å². The molecule has 0 fully saturated rings. The van der Waals surface area contributed by atoms with Crippen LogP contribution in [0.2, 0.25) is 0 Å². The van der Waals surface area contributed by atoms with Crippen LogP contribution in [0.4, 0.5) is 0 Å². The van der Waals surface area contributed by atoms with Gasteiger partial charge >= 0.3 is 0 Å². The summed E-state index contributed by atoms with van der Waals surface area (Å²) < 4.78 is 12.5. The van der Waals surface area contributed by atoms with Crippen molar-refractivity contribution in [3.8, 4) is 11.5 Å². The highest BCUT2D eigenvalue weighted by Crippen LogP contribution is 2.32. The number of aryl methyl sites for hydroxylation is 1. The number of nitrogens with one attached hydrogen (secondary N) is 2. The van der Waals surface area contributed by atoms with Crippen molar-refractivity contribution in [2.45, 2.75) is 33.7 Å². The van der Waals surface area contributed by atoms with Gasteiger partial charge in [-0.3, -0.25) is 20.4 Å². The second kappa shape index (κ2) is 6.51. The average Bonchev–Trinajstić information content (AvgIpc) is 3.15. The molecule has 0 saturated carbocycles. The summed E-state index contributed by atoms with van der Waals surface area (Å²) in [4.78, 5) is 24.6. The maximum Gasteiger partial charge on any atom is 0.271 e. The SMILES string of the molecule is Cc1cc(C(=O)NNC(=O)c2ccc3c(c2)OCO3)c(C)n1C(C)C. The molecule has 0 atom stereocenters. The number of aromatic nitrogens is 1. The van der Waals surface area contributed by atoms with Gasteiger partial charge in [-0.25, -0.2) is 0 Å². The van der Waals surface area contributed by atoms with Crippen LogP contribution in [-0.2, 0) is 0 Å². The summed E-state index contributed by atoms with van der Waals surface area (Å²) in [6, 6.07) is 6.92. The third-order valence-corrected chi connectivity index (χ3v) is 4.17. The van der Waals surface area contributed by atoms with E-state index in [2.05, 4.69) is 29.3 Å². The number of amides is 2. The van der Waals surface area contributed by atoms with E-state index in [9.17, 15) is 9.59 Å². The second-order valence-corrected chi connectivity index (χ2v) is 6.22. The lowest BCUT2D eigenvalue weighted by atomic mass is 10.2. The van der Waals surface area contributed by atoms with Gasteiger partial charge in [0.25, 0.3) is 11.8 Å². The minimum atomic E-state index is -0.427. The number of hydrogen-bond acceptors (Lipinski definition) is 4. The van der Waals surface area contributed by atoms with Crippen LogP contribution in [0, 0.1) is 13.8 Å². The zero-order valence-corrected chi connectivity index (χ0v) is 14.7. The van der Waals surface area contributed by atoms with Crippen molar-refractivity contribution in [3.05, 3.63) is 46.8 Å². The van der Waals surface area contributed by atoms with Crippen LogP contribution >= 0.6 is 0 Å². The molecule has 0 bridgehead atoms. The van der Waals surface area contributed by atoms with E-state index >= 15 is 0 Å². The molecule has 1 aliphatic heterocycles. The number of hydrogen-bond donors (Lipinski definition) is 2. The quantitative estimate of drug-likeness (QED) is 0.839. The molecule has 2 amide bonds. The zero-order valence-electron chi connectivity index (χ0n) is 14.7. The van der Waals surface area contributed by atoms with Crippen molar-refractivity contribution in [2.24, 2.45) is 0 Å². The highest BCUT2D eigenvalue weighted by molar-refractivity contribution is 6.00. The minimum Gasteiger partial charge on any atom is -0.454 e. The van der Waals surface area contributed by atoms with E-state index in [-0.39, 0.29) is 18.7 Å². The fourth-order valence-electron chi connectivity index (χ4n) is 3.09. The molecule has 0 aliphatic carbocycles. The second-order valence-electron chi connectivity index (χ2n) is 6.22. The summed E-state index contributed by atoms with van der Waals surface area (Å²) in [5.74, 6) is 0.333. The fourth-order valence-corrected chi connectivity index (χ4v) is 3.09. The summed E-state index contributed by atoms with van der Waals surface area (Å²) in [5.41, 5.74) is 7.67. The Morgan fingerprint density at radius 3 is 2.40 bits per heavy atom. The molecule has 7 heteroatoms. The summed E-state index contributed by atoms with van der Waals surface area (Å²) in [7, 11) is 0. The number of benzene rings is 1. The number of carbonyl (C=O) groups is 2. The molecule has 2 N–H and O–H groups in total. The fraction of sp³-hybridized carbons (Fsp3) is 0.333. The molecule has 0 saturated heterocycles. The number of nitrogens with zero attached hydrogens (tertiary/aromatic N) is 1. The average molecular weight is 343 g/mol. The molecule has 3 rings (SSSR count). The van der Waals surface area contributed by atoms with Gasteiger partial charge in [0.2, 0.25) is 6.79 Å². The Morgan fingerprint density at radius 2 is 1.72 bits per heavy atom. The lowest BCUT2D eigenvalue weighted by molar-refractivity contribution is 0.0846. The van der Waals surface area contributed by atoms with Crippen LogP contribution in [0.1, 0.15) is 52.0 Å². The Morgan fingerprint density at radius 1 is 1.04 bits per heavy atom. The van der Waals surface area contributed by atoms with E-state index in [4.69, 9.17) is 9.47 Å². The van der Waals surface area contributed by atoms with Crippen LogP contribution in [0.3, 0.4) is 0 Å². The van der Waals surface area contributed by atoms with E-state index < -0.39 is 5.91 Å². The first-order chi connectivity index (χ1) is 11.9. The third kappa shape index (κ3) is 3.17. The Bertz CT molecular complexity index is 839. The van der Waals surface area contributed by atoms with Crippen molar-refractivity contribution in [3.63, 3.8) is 0 Å². The van der Waals surface area contributed by atoms with Gasteiger partial charge in [0.15, 0.2) is 11.5 Å². The molecular weight excluding hydrogens is 322 g/mol. The number of fused-ring (bicyclic) bond motifs is 1. The first-order valence-electron chi connectivity index (χ1n) is 8.07. The van der Waals surface area contributed by atoms with Crippen LogP contribution in [0.25, 0.3) is 0 Å². The molecule has 1 aromatic heterocycles. The van der Waals surface area contributed by atoms with Gasteiger partial charge < -0.3 is 14.0 Å².